The molecule has 1 rings (SSSR count). The fourth-order valence-electron chi connectivity index (χ4n) is 1.27. The summed E-state index contributed by atoms with van der Waals surface area (Å²) in [6, 6.07) is 4.39. The third kappa shape index (κ3) is 3.21. The average molecular weight is 238 g/mol. The summed E-state index contributed by atoms with van der Waals surface area (Å²) in [4.78, 5) is 22.7. The number of carbonyl (C=O) groups is 2. The SMILES string of the molecule is CCCC(=O)OC(=O)c1cccc(OC)c1O. The van der Waals surface area contributed by atoms with Crippen LogP contribution in [-0.4, -0.2) is 24.2 Å². The van der Waals surface area contributed by atoms with E-state index in [9.17, 15) is 14.7 Å². The molecule has 0 aromatic heterocycles. The van der Waals surface area contributed by atoms with Gasteiger partial charge < -0.3 is 14.6 Å². The topological polar surface area (TPSA) is 72.8 Å². The zero-order chi connectivity index (χ0) is 12.8. The Balaban J connectivity index is 2.86. The minimum atomic E-state index is -0.875. The number of ether oxygens (including phenoxy) is 2. The number of phenols is 1. The number of rotatable bonds is 4. The van der Waals surface area contributed by atoms with Crippen molar-refractivity contribution in [2.24, 2.45) is 0 Å². The highest BCUT2D eigenvalue weighted by molar-refractivity contribution is 5.99. The lowest BCUT2D eigenvalue weighted by atomic mass is 10.2. The second kappa shape index (κ2) is 5.89. The van der Waals surface area contributed by atoms with Crippen LogP contribution in [0.1, 0.15) is 30.1 Å². The van der Waals surface area contributed by atoms with Crippen molar-refractivity contribution in [2.75, 3.05) is 7.11 Å². The maximum Gasteiger partial charge on any atom is 0.349 e. The van der Waals surface area contributed by atoms with Crippen LogP contribution in [0.15, 0.2) is 18.2 Å². The minimum absolute atomic E-state index is 0.0891. The van der Waals surface area contributed by atoms with Crippen LogP contribution in [0.2, 0.25) is 0 Å². The van der Waals surface area contributed by atoms with Crippen molar-refractivity contribution in [3.63, 3.8) is 0 Å². The van der Waals surface area contributed by atoms with E-state index in [1.54, 1.807) is 6.92 Å². The van der Waals surface area contributed by atoms with E-state index in [2.05, 4.69) is 4.74 Å². The molecule has 5 nitrogen and oxygen atoms in total. The zero-order valence-corrected chi connectivity index (χ0v) is 9.73. The van der Waals surface area contributed by atoms with Gasteiger partial charge in [-0.25, -0.2) is 4.79 Å². The maximum atomic E-state index is 11.6. The Morgan fingerprint density at radius 2 is 2.06 bits per heavy atom. The summed E-state index contributed by atoms with van der Waals surface area (Å²) in [6.45, 7) is 1.80. The van der Waals surface area contributed by atoms with Gasteiger partial charge in [0, 0.05) is 6.42 Å². The molecule has 0 bridgehead atoms. The van der Waals surface area contributed by atoms with Crippen LogP contribution in [0.4, 0.5) is 0 Å². The van der Waals surface area contributed by atoms with Crippen LogP contribution < -0.4 is 4.74 Å². The molecule has 92 valence electrons. The number of hydrogen-bond donors (Lipinski definition) is 1. The van der Waals surface area contributed by atoms with Crippen molar-refractivity contribution in [2.45, 2.75) is 19.8 Å². The highest BCUT2D eigenvalue weighted by Gasteiger charge is 2.18. The summed E-state index contributed by atoms with van der Waals surface area (Å²) in [6.07, 6.45) is 0.757. The molecule has 0 atom stereocenters. The Morgan fingerprint density at radius 3 is 2.65 bits per heavy atom. The van der Waals surface area contributed by atoms with Crippen LogP contribution in [0.25, 0.3) is 0 Å². The first kappa shape index (κ1) is 13.0. The van der Waals surface area contributed by atoms with Gasteiger partial charge in [0.05, 0.1) is 7.11 Å². The van der Waals surface area contributed by atoms with E-state index in [0.717, 1.165) is 0 Å². The van der Waals surface area contributed by atoms with Gasteiger partial charge in [-0.1, -0.05) is 13.0 Å². The Hall–Kier alpha value is -2.04. The Morgan fingerprint density at radius 1 is 1.35 bits per heavy atom. The molecule has 0 heterocycles. The molecule has 1 aromatic carbocycles. The lowest BCUT2D eigenvalue weighted by molar-refractivity contribution is -0.137. The number of benzene rings is 1. The van der Waals surface area contributed by atoms with Crippen molar-refractivity contribution in [1.29, 1.82) is 0 Å². The second-order valence-corrected chi connectivity index (χ2v) is 3.37. The monoisotopic (exact) mass is 238 g/mol. The molecular weight excluding hydrogens is 224 g/mol. The van der Waals surface area contributed by atoms with Gasteiger partial charge in [0.15, 0.2) is 11.5 Å². The predicted molar refractivity (Wildman–Crippen MR) is 60.0 cm³/mol. The fourth-order valence-corrected chi connectivity index (χ4v) is 1.27. The standard InChI is InChI=1S/C12H14O5/c1-3-5-10(13)17-12(15)8-6-4-7-9(16-2)11(8)14/h4,6-7,14H,3,5H2,1-2H3. The Bertz CT molecular complexity index is 425. The van der Waals surface area contributed by atoms with Crippen molar-refractivity contribution >= 4 is 11.9 Å². The third-order valence-corrected chi connectivity index (χ3v) is 2.10. The van der Waals surface area contributed by atoms with E-state index in [1.165, 1.54) is 25.3 Å². The van der Waals surface area contributed by atoms with Gasteiger partial charge in [0.25, 0.3) is 0 Å². The quantitative estimate of drug-likeness (QED) is 0.640. The van der Waals surface area contributed by atoms with Crippen LogP contribution in [0.5, 0.6) is 11.5 Å². The van der Waals surface area contributed by atoms with Crippen LogP contribution in [0.3, 0.4) is 0 Å². The maximum absolute atomic E-state index is 11.6. The van der Waals surface area contributed by atoms with Gasteiger partial charge in [0.2, 0.25) is 0 Å². The van der Waals surface area contributed by atoms with Crippen molar-refractivity contribution in [1.82, 2.24) is 0 Å². The van der Waals surface area contributed by atoms with Crippen LogP contribution in [-0.2, 0) is 9.53 Å². The first-order valence-electron chi connectivity index (χ1n) is 5.21. The van der Waals surface area contributed by atoms with E-state index in [1.807, 2.05) is 0 Å². The lowest BCUT2D eigenvalue weighted by Crippen LogP contribution is -2.12. The smallest absolute Gasteiger partial charge is 0.349 e. The summed E-state index contributed by atoms with van der Waals surface area (Å²) < 4.78 is 9.41. The highest BCUT2D eigenvalue weighted by atomic mass is 16.6. The number of esters is 2. The molecule has 0 saturated heterocycles. The number of hydrogen-bond acceptors (Lipinski definition) is 5. The summed E-state index contributed by atoms with van der Waals surface area (Å²) in [5.74, 6) is -1.66. The lowest BCUT2D eigenvalue weighted by Gasteiger charge is -2.07. The van der Waals surface area contributed by atoms with E-state index in [-0.39, 0.29) is 23.5 Å². The number of phenolic OH excluding ortho intramolecular Hbond substituents is 1. The van der Waals surface area contributed by atoms with Gasteiger partial charge >= 0.3 is 11.9 Å². The zero-order valence-electron chi connectivity index (χ0n) is 9.73. The van der Waals surface area contributed by atoms with Gasteiger partial charge in [-0.15, -0.1) is 0 Å². The fraction of sp³-hybridized carbons (Fsp3) is 0.333. The molecule has 17 heavy (non-hydrogen) atoms. The summed E-state index contributed by atoms with van der Waals surface area (Å²) >= 11 is 0. The van der Waals surface area contributed by atoms with Crippen LogP contribution in [0, 0.1) is 0 Å². The first-order valence-corrected chi connectivity index (χ1v) is 5.21. The Kier molecular flexibility index (Phi) is 4.51. The Labute approximate surface area is 99.0 Å². The predicted octanol–water partition coefficient (Wildman–Crippen LogP) is 1.88. The molecule has 0 aliphatic carbocycles. The molecule has 0 aliphatic rings. The first-order chi connectivity index (χ1) is 8.10. The number of aromatic hydroxyl groups is 1. The van der Waals surface area contributed by atoms with Crippen molar-refractivity contribution in [3.05, 3.63) is 23.8 Å². The molecule has 1 aromatic rings. The highest BCUT2D eigenvalue weighted by Crippen LogP contribution is 2.29. The van der Waals surface area contributed by atoms with Gasteiger partial charge in [0.1, 0.15) is 5.56 Å². The molecule has 1 N–H and O–H groups in total. The normalized spacial score (nSPS) is 9.76. The molecular formula is C12H14O5. The van der Waals surface area contributed by atoms with E-state index < -0.39 is 11.9 Å². The van der Waals surface area contributed by atoms with Crippen molar-refractivity contribution < 1.29 is 24.2 Å². The average Bonchev–Trinajstić information content (AvgIpc) is 2.29. The van der Waals surface area contributed by atoms with Gasteiger partial charge in [-0.2, -0.15) is 0 Å². The summed E-state index contributed by atoms with van der Waals surface area (Å²) in [5, 5.41) is 9.66. The number of carbonyl (C=O) groups excluding carboxylic acids is 2. The minimum Gasteiger partial charge on any atom is -0.504 e. The van der Waals surface area contributed by atoms with Gasteiger partial charge in [-0.05, 0) is 18.6 Å². The largest absolute Gasteiger partial charge is 0.504 e. The molecule has 0 saturated carbocycles. The molecule has 0 unspecified atom stereocenters. The van der Waals surface area contributed by atoms with E-state index in [4.69, 9.17) is 4.74 Å². The van der Waals surface area contributed by atoms with Crippen molar-refractivity contribution in [3.8, 4) is 11.5 Å². The second-order valence-electron chi connectivity index (χ2n) is 3.37. The van der Waals surface area contributed by atoms with E-state index in [0.29, 0.717) is 6.42 Å². The third-order valence-electron chi connectivity index (χ3n) is 2.10. The number of para-hydroxylation sites is 1. The molecule has 5 heteroatoms. The van der Waals surface area contributed by atoms with E-state index >= 15 is 0 Å². The molecule has 0 radical (unpaired) electrons. The summed E-state index contributed by atoms with van der Waals surface area (Å²) in [7, 11) is 1.37. The van der Waals surface area contributed by atoms with Gasteiger partial charge in [-0.3, -0.25) is 4.79 Å². The molecule has 0 fully saturated rings. The number of methoxy groups -OCH3 is 1. The molecule has 0 aliphatic heterocycles. The summed E-state index contributed by atoms with van der Waals surface area (Å²) in [5.41, 5.74) is -0.0891. The molecule has 0 spiro atoms. The molecule has 0 amide bonds. The van der Waals surface area contributed by atoms with Crippen LogP contribution >= 0.6 is 0 Å².